The van der Waals surface area contributed by atoms with Gasteiger partial charge in [0.15, 0.2) is 34.6 Å². The monoisotopic (exact) mass is 570 g/mol. The number of Topliss-reactive ketones (excluding diaryl/α,β-unsaturated/α-hetero) is 2. The fraction of sp³-hybridized carbons (Fsp3) is 0.235. The van der Waals surface area contributed by atoms with Crippen molar-refractivity contribution in [3.63, 3.8) is 0 Å². The molecule has 0 radical (unpaired) electrons. The Morgan fingerprint density at radius 3 is 1.19 bits per heavy atom. The zero-order valence-corrected chi connectivity index (χ0v) is 24.2. The fourth-order valence-electron chi connectivity index (χ4n) is 4.38. The maximum atomic E-state index is 13.3. The van der Waals surface area contributed by atoms with Crippen molar-refractivity contribution in [2.75, 3.05) is 28.4 Å². The average molecular weight is 571 g/mol. The number of methoxy groups -OCH3 is 4. The minimum absolute atomic E-state index is 0.0268. The molecule has 4 rings (SSSR count). The highest BCUT2D eigenvalue weighted by Gasteiger charge is 2.21. The third-order valence-corrected chi connectivity index (χ3v) is 6.59. The summed E-state index contributed by atoms with van der Waals surface area (Å²) < 4.78 is 33.9. The van der Waals surface area contributed by atoms with Gasteiger partial charge in [0, 0.05) is 24.0 Å². The van der Waals surface area contributed by atoms with Crippen molar-refractivity contribution in [2.24, 2.45) is 0 Å². The Hall–Kier alpha value is -4.98. The van der Waals surface area contributed by atoms with E-state index < -0.39 is 0 Å². The summed E-state index contributed by atoms with van der Waals surface area (Å²) in [5.41, 5.74) is 2.62. The largest absolute Gasteiger partial charge is 0.493 e. The van der Waals surface area contributed by atoms with Gasteiger partial charge in [0.25, 0.3) is 0 Å². The quantitative estimate of drug-likeness (QED) is 0.146. The van der Waals surface area contributed by atoms with Crippen molar-refractivity contribution in [1.29, 1.82) is 0 Å². The van der Waals surface area contributed by atoms with Gasteiger partial charge in [-0.3, -0.25) is 9.59 Å². The first kappa shape index (κ1) is 30.0. The van der Waals surface area contributed by atoms with E-state index in [1.807, 2.05) is 60.7 Å². The molecule has 0 spiro atoms. The predicted octanol–water partition coefficient (Wildman–Crippen LogP) is 6.72. The van der Waals surface area contributed by atoms with Gasteiger partial charge in [0.1, 0.15) is 13.2 Å². The summed E-state index contributed by atoms with van der Waals surface area (Å²) >= 11 is 0. The van der Waals surface area contributed by atoms with Crippen LogP contribution in [-0.2, 0) is 13.2 Å². The van der Waals surface area contributed by atoms with Crippen molar-refractivity contribution < 1.29 is 38.0 Å². The second-order valence-corrected chi connectivity index (χ2v) is 9.31. The summed E-state index contributed by atoms with van der Waals surface area (Å²) in [7, 11) is 6.00. The van der Waals surface area contributed by atoms with Crippen LogP contribution in [-0.4, -0.2) is 40.0 Å². The molecular weight excluding hydrogens is 536 g/mol. The first-order valence-corrected chi connectivity index (χ1v) is 13.4. The lowest BCUT2D eigenvalue weighted by Crippen LogP contribution is -2.08. The van der Waals surface area contributed by atoms with E-state index in [4.69, 9.17) is 28.4 Å². The van der Waals surface area contributed by atoms with Crippen LogP contribution in [0.4, 0.5) is 0 Å². The van der Waals surface area contributed by atoms with Crippen LogP contribution in [0.1, 0.15) is 44.7 Å². The minimum atomic E-state index is -0.241. The Labute approximate surface area is 245 Å². The Balaban J connectivity index is 1.50. The Bertz CT molecular complexity index is 1380. The predicted molar refractivity (Wildman–Crippen MR) is 159 cm³/mol. The molecule has 0 heterocycles. The molecule has 0 unspecified atom stereocenters. The van der Waals surface area contributed by atoms with Gasteiger partial charge in [-0.2, -0.15) is 0 Å². The van der Waals surface area contributed by atoms with Crippen LogP contribution in [0.15, 0.2) is 84.9 Å². The summed E-state index contributed by atoms with van der Waals surface area (Å²) in [4.78, 5) is 26.5. The second kappa shape index (κ2) is 14.6. The van der Waals surface area contributed by atoms with Crippen LogP contribution < -0.4 is 28.4 Å². The average Bonchev–Trinajstić information content (AvgIpc) is 3.04. The van der Waals surface area contributed by atoms with Gasteiger partial charge in [-0.1, -0.05) is 60.7 Å². The van der Waals surface area contributed by atoms with E-state index in [2.05, 4.69) is 0 Å². The smallest absolute Gasteiger partial charge is 0.203 e. The van der Waals surface area contributed by atoms with E-state index >= 15 is 0 Å². The molecule has 0 aliphatic rings. The van der Waals surface area contributed by atoms with Crippen molar-refractivity contribution in [3.8, 4) is 34.5 Å². The number of hydrogen-bond donors (Lipinski definition) is 0. The number of carbonyl (C=O) groups is 2. The summed E-state index contributed by atoms with van der Waals surface area (Å²) in [5, 5.41) is 0. The highest BCUT2D eigenvalue weighted by molar-refractivity contribution is 6.03. The number of ketones is 2. The number of rotatable bonds is 15. The molecule has 0 saturated carbocycles. The zero-order chi connectivity index (χ0) is 29.9. The topological polar surface area (TPSA) is 89.5 Å². The molecule has 4 aromatic rings. The van der Waals surface area contributed by atoms with Crippen LogP contribution >= 0.6 is 0 Å². The molecule has 0 atom stereocenters. The zero-order valence-electron chi connectivity index (χ0n) is 24.2. The van der Waals surface area contributed by atoms with E-state index in [9.17, 15) is 9.59 Å². The number of carbonyl (C=O) groups excluding carboxylic acids is 2. The van der Waals surface area contributed by atoms with E-state index in [0.717, 1.165) is 11.1 Å². The first-order valence-electron chi connectivity index (χ1n) is 13.4. The van der Waals surface area contributed by atoms with Crippen molar-refractivity contribution in [1.82, 2.24) is 0 Å². The molecule has 0 saturated heterocycles. The van der Waals surface area contributed by atoms with Crippen molar-refractivity contribution in [3.05, 3.63) is 107 Å². The lowest BCUT2D eigenvalue weighted by atomic mass is 10.00. The number of hydrogen-bond acceptors (Lipinski definition) is 8. The molecule has 42 heavy (non-hydrogen) atoms. The molecular formula is C34H34O8. The van der Waals surface area contributed by atoms with Gasteiger partial charge in [0.2, 0.25) is 11.5 Å². The van der Waals surface area contributed by atoms with Gasteiger partial charge in [-0.25, -0.2) is 0 Å². The van der Waals surface area contributed by atoms with E-state index in [-0.39, 0.29) is 37.6 Å². The first-order chi connectivity index (χ1) is 20.5. The Kier molecular flexibility index (Phi) is 10.4. The molecule has 0 aliphatic heterocycles. The summed E-state index contributed by atoms with van der Waals surface area (Å²) in [6.07, 6.45) is -0.0536. The molecule has 0 aromatic heterocycles. The van der Waals surface area contributed by atoms with Crippen LogP contribution in [0.5, 0.6) is 34.5 Å². The van der Waals surface area contributed by atoms with E-state index in [1.165, 1.54) is 28.4 Å². The van der Waals surface area contributed by atoms with Crippen LogP contribution in [0.3, 0.4) is 0 Å². The van der Waals surface area contributed by atoms with E-state index in [1.54, 1.807) is 24.3 Å². The van der Waals surface area contributed by atoms with Gasteiger partial charge in [0.05, 0.1) is 28.4 Å². The third kappa shape index (κ3) is 7.40. The number of benzene rings is 4. The maximum absolute atomic E-state index is 13.3. The molecule has 0 fully saturated rings. The molecule has 4 aromatic carbocycles. The SMILES string of the molecule is COc1cc(C(=O)CCC(=O)c2cc(OC)c(OC)c(OCc3ccccc3)c2)cc(OCc2ccccc2)c1OC. The van der Waals surface area contributed by atoms with Gasteiger partial charge >= 0.3 is 0 Å². The summed E-state index contributed by atoms with van der Waals surface area (Å²) in [6, 6.07) is 25.7. The highest BCUT2D eigenvalue weighted by atomic mass is 16.5. The summed E-state index contributed by atoms with van der Waals surface area (Å²) in [5.74, 6) is 1.75. The molecule has 8 heteroatoms. The number of ether oxygens (including phenoxy) is 6. The Morgan fingerprint density at radius 1 is 0.500 bits per heavy atom. The lowest BCUT2D eigenvalue weighted by Gasteiger charge is -2.16. The fourth-order valence-corrected chi connectivity index (χ4v) is 4.38. The standard InChI is InChI=1S/C34H34O8/c1-37-29-17-25(19-31(33(29)39-3)41-21-23-11-7-5-8-12-23)27(35)15-16-28(36)26-18-30(38-2)34(40-4)32(20-26)42-22-24-13-9-6-10-14-24/h5-14,17-20H,15-16,21-22H2,1-4H3. The molecule has 8 nitrogen and oxygen atoms in total. The molecule has 0 N–H and O–H groups in total. The molecule has 0 aliphatic carbocycles. The molecule has 218 valence electrons. The van der Waals surface area contributed by atoms with Crippen LogP contribution in [0.2, 0.25) is 0 Å². The van der Waals surface area contributed by atoms with Gasteiger partial charge in [-0.15, -0.1) is 0 Å². The lowest BCUT2D eigenvalue weighted by molar-refractivity contribution is 0.0916. The van der Waals surface area contributed by atoms with Crippen LogP contribution in [0, 0.1) is 0 Å². The summed E-state index contributed by atoms with van der Waals surface area (Å²) in [6.45, 7) is 0.564. The van der Waals surface area contributed by atoms with Crippen molar-refractivity contribution >= 4 is 11.6 Å². The highest BCUT2D eigenvalue weighted by Crippen LogP contribution is 2.40. The molecule has 0 amide bonds. The Morgan fingerprint density at radius 2 is 0.857 bits per heavy atom. The third-order valence-electron chi connectivity index (χ3n) is 6.59. The van der Waals surface area contributed by atoms with E-state index in [0.29, 0.717) is 45.6 Å². The van der Waals surface area contributed by atoms with Crippen molar-refractivity contribution in [2.45, 2.75) is 26.1 Å². The van der Waals surface area contributed by atoms with Crippen LogP contribution in [0.25, 0.3) is 0 Å². The van der Waals surface area contributed by atoms with Gasteiger partial charge in [-0.05, 0) is 35.4 Å². The van der Waals surface area contributed by atoms with Gasteiger partial charge < -0.3 is 28.4 Å². The molecule has 0 bridgehead atoms. The normalized spacial score (nSPS) is 10.5. The minimum Gasteiger partial charge on any atom is -0.493 e. The maximum Gasteiger partial charge on any atom is 0.203 e. The second-order valence-electron chi connectivity index (χ2n) is 9.31.